The lowest BCUT2D eigenvalue weighted by Crippen LogP contribution is -2.01. The van der Waals surface area contributed by atoms with Crippen LogP contribution in [0.1, 0.15) is 21.7 Å². The second-order valence-corrected chi connectivity index (χ2v) is 3.60. The summed E-state index contributed by atoms with van der Waals surface area (Å²) in [7, 11) is 1.85. The second kappa shape index (κ2) is 4.26. The van der Waals surface area contributed by atoms with Crippen molar-refractivity contribution in [3.05, 3.63) is 53.4 Å². The number of imidazole rings is 1. The van der Waals surface area contributed by atoms with Gasteiger partial charge in [0.05, 0.1) is 0 Å². The molecular formula is C12H11FN2O. The molecule has 0 aliphatic heterocycles. The summed E-state index contributed by atoms with van der Waals surface area (Å²) in [5.41, 5.74) is 0.963. The lowest BCUT2D eigenvalue weighted by Gasteiger charge is -2.04. The summed E-state index contributed by atoms with van der Waals surface area (Å²) in [5.74, 6) is 0.454. The van der Waals surface area contributed by atoms with Gasteiger partial charge < -0.3 is 4.57 Å². The maximum atomic E-state index is 13.5. The third kappa shape index (κ3) is 2.00. The first-order chi connectivity index (χ1) is 7.70. The van der Waals surface area contributed by atoms with Crippen molar-refractivity contribution in [3.8, 4) is 0 Å². The van der Waals surface area contributed by atoms with E-state index in [0.717, 1.165) is 5.82 Å². The van der Waals surface area contributed by atoms with Crippen LogP contribution in [0.4, 0.5) is 4.39 Å². The van der Waals surface area contributed by atoms with Crippen LogP contribution in [-0.4, -0.2) is 15.8 Å². The molecule has 2 aromatic rings. The minimum absolute atomic E-state index is 0.311. The van der Waals surface area contributed by atoms with Gasteiger partial charge >= 0.3 is 0 Å². The Morgan fingerprint density at radius 2 is 2.31 bits per heavy atom. The average Bonchev–Trinajstić information content (AvgIpc) is 2.68. The van der Waals surface area contributed by atoms with Gasteiger partial charge in [0.1, 0.15) is 17.9 Å². The minimum Gasteiger partial charge on any atom is -0.338 e. The molecule has 1 heterocycles. The molecule has 2 rings (SSSR count). The van der Waals surface area contributed by atoms with Gasteiger partial charge in [0.15, 0.2) is 0 Å². The van der Waals surface area contributed by atoms with E-state index in [1.54, 1.807) is 18.5 Å². The number of nitrogens with zero attached hydrogens (tertiary/aromatic N) is 2. The zero-order valence-electron chi connectivity index (χ0n) is 8.85. The number of carbonyl (C=O) groups is 1. The molecule has 0 fully saturated rings. The van der Waals surface area contributed by atoms with Crippen LogP contribution in [0.2, 0.25) is 0 Å². The minimum atomic E-state index is -0.311. The number of benzene rings is 1. The number of carbonyl (C=O) groups excluding carboxylic acids is 1. The fourth-order valence-corrected chi connectivity index (χ4v) is 1.54. The van der Waals surface area contributed by atoms with E-state index in [4.69, 9.17) is 0 Å². The molecular weight excluding hydrogens is 207 g/mol. The average molecular weight is 218 g/mol. The van der Waals surface area contributed by atoms with Gasteiger partial charge in [-0.1, -0.05) is 0 Å². The highest BCUT2D eigenvalue weighted by atomic mass is 19.1. The third-order valence-electron chi connectivity index (χ3n) is 2.48. The van der Waals surface area contributed by atoms with Crippen molar-refractivity contribution >= 4 is 6.29 Å². The van der Waals surface area contributed by atoms with E-state index in [9.17, 15) is 9.18 Å². The molecule has 1 aromatic heterocycles. The molecule has 0 unspecified atom stereocenters. The van der Waals surface area contributed by atoms with Crippen molar-refractivity contribution in [1.82, 2.24) is 9.55 Å². The van der Waals surface area contributed by atoms with Crippen LogP contribution in [0.15, 0.2) is 30.6 Å². The van der Waals surface area contributed by atoms with E-state index in [1.807, 2.05) is 11.6 Å². The molecule has 0 amide bonds. The molecule has 0 bridgehead atoms. The molecule has 82 valence electrons. The molecule has 3 nitrogen and oxygen atoms in total. The first-order valence-electron chi connectivity index (χ1n) is 4.90. The zero-order chi connectivity index (χ0) is 11.5. The number of aldehydes is 1. The summed E-state index contributed by atoms with van der Waals surface area (Å²) in [6, 6.07) is 4.32. The van der Waals surface area contributed by atoms with Crippen LogP contribution >= 0.6 is 0 Å². The molecule has 0 saturated carbocycles. The Kier molecular flexibility index (Phi) is 2.81. The Bertz CT molecular complexity index is 519. The zero-order valence-corrected chi connectivity index (χ0v) is 8.85. The largest absolute Gasteiger partial charge is 0.338 e. The number of hydrogen-bond donors (Lipinski definition) is 0. The molecule has 0 saturated heterocycles. The van der Waals surface area contributed by atoms with Gasteiger partial charge in [-0.05, 0) is 23.8 Å². The van der Waals surface area contributed by atoms with Gasteiger partial charge in [0.2, 0.25) is 0 Å². The summed E-state index contributed by atoms with van der Waals surface area (Å²) in [5, 5.41) is 0. The Morgan fingerprint density at radius 3 is 2.94 bits per heavy atom. The summed E-state index contributed by atoms with van der Waals surface area (Å²) in [6.07, 6.45) is 4.56. The van der Waals surface area contributed by atoms with Crippen LogP contribution in [0, 0.1) is 5.82 Å². The third-order valence-corrected chi connectivity index (χ3v) is 2.48. The molecule has 0 aliphatic rings. The first-order valence-corrected chi connectivity index (χ1v) is 4.90. The molecule has 16 heavy (non-hydrogen) atoms. The first kappa shape index (κ1) is 10.5. The highest BCUT2D eigenvalue weighted by molar-refractivity contribution is 5.75. The van der Waals surface area contributed by atoms with Crippen molar-refractivity contribution in [3.63, 3.8) is 0 Å². The maximum Gasteiger partial charge on any atom is 0.150 e. The predicted molar refractivity (Wildman–Crippen MR) is 57.8 cm³/mol. The molecule has 0 aliphatic carbocycles. The quantitative estimate of drug-likeness (QED) is 0.738. The number of hydrogen-bond acceptors (Lipinski definition) is 2. The Morgan fingerprint density at radius 1 is 1.50 bits per heavy atom. The SMILES string of the molecule is Cn1ccnc1Cc1cc(C=O)ccc1F. The fraction of sp³-hybridized carbons (Fsp3) is 0.167. The van der Waals surface area contributed by atoms with E-state index in [2.05, 4.69) is 4.98 Å². The summed E-state index contributed by atoms with van der Waals surface area (Å²) in [6.45, 7) is 0. The van der Waals surface area contributed by atoms with Crippen LogP contribution in [0.5, 0.6) is 0 Å². The van der Waals surface area contributed by atoms with E-state index >= 15 is 0 Å². The monoisotopic (exact) mass is 218 g/mol. The van der Waals surface area contributed by atoms with Crippen molar-refractivity contribution in [2.24, 2.45) is 7.05 Å². The smallest absolute Gasteiger partial charge is 0.150 e. The second-order valence-electron chi connectivity index (χ2n) is 3.60. The van der Waals surface area contributed by atoms with Gasteiger partial charge in [0, 0.05) is 31.4 Å². The maximum absolute atomic E-state index is 13.5. The van der Waals surface area contributed by atoms with Gasteiger partial charge in [0.25, 0.3) is 0 Å². The molecule has 0 atom stereocenters. The van der Waals surface area contributed by atoms with E-state index in [0.29, 0.717) is 23.8 Å². The number of halogens is 1. The Balaban J connectivity index is 2.34. The lowest BCUT2D eigenvalue weighted by atomic mass is 10.1. The molecule has 4 heteroatoms. The van der Waals surface area contributed by atoms with Crippen LogP contribution in [0.3, 0.4) is 0 Å². The highest BCUT2D eigenvalue weighted by Crippen LogP contribution is 2.13. The Labute approximate surface area is 92.5 Å². The van der Waals surface area contributed by atoms with Gasteiger partial charge in [-0.25, -0.2) is 9.37 Å². The number of rotatable bonds is 3. The van der Waals surface area contributed by atoms with Crippen LogP contribution in [0.25, 0.3) is 0 Å². The normalized spacial score (nSPS) is 10.4. The topological polar surface area (TPSA) is 34.9 Å². The van der Waals surface area contributed by atoms with Crippen molar-refractivity contribution in [1.29, 1.82) is 0 Å². The molecule has 0 radical (unpaired) electrons. The molecule has 0 N–H and O–H groups in total. The Hall–Kier alpha value is -1.97. The van der Waals surface area contributed by atoms with Crippen molar-refractivity contribution < 1.29 is 9.18 Å². The number of aryl methyl sites for hydroxylation is 1. The van der Waals surface area contributed by atoms with Crippen LogP contribution < -0.4 is 0 Å². The summed E-state index contributed by atoms with van der Waals surface area (Å²) >= 11 is 0. The van der Waals surface area contributed by atoms with E-state index in [-0.39, 0.29) is 5.82 Å². The van der Waals surface area contributed by atoms with Crippen molar-refractivity contribution in [2.45, 2.75) is 6.42 Å². The lowest BCUT2D eigenvalue weighted by molar-refractivity contribution is 0.112. The summed E-state index contributed by atoms with van der Waals surface area (Å²) in [4.78, 5) is 14.7. The standard InChI is InChI=1S/C12H11FN2O/c1-15-5-4-14-12(15)7-10-6-9(8-16)2-3-11(10)13/h2-6,8H,7H2,1H3. The van der Waals surface area contributed by atoms with Gasteiger partial charge in [-0.2, -0.15) is 0 Å². The van der Waals surface area contributed by atoms with E-state index in [1.165, 1.54) is 12.1 Å². The highest BCUT2D eigenvalue weighted by Gasteiger charge is 2.07. The van der Waals surface area contributed by atoms with Crippen LogP contribution in [-0.2, 0) is 13.5 Å². The van der Waals surface area contributed by atoms with E-state index < -0.39 is 0 Å². The molecule has 0 spiro atoms. The number of aromatic nitrogens is 2. The van der Waals surface area contributed by atoms with Crippen molar-refractivity contribution in [2.75, 3.05) is 0 Å². The predicted octanol–water partition coefficient (Wildman–Crippen LogP) is 1.96. The fourth-order valence-electron chi connectivity index (χ4n) is 1.54. The summed E-state index contributed by atoms with van der Waals surface area (Å²) < 4.78 is 15.3. The van der Waals surface area contributed by atoms with Gasteiger partial charge in [-0.15, -0.1) is 0 Å². The van der Waals surface area contributed by atoms with Gasteiger partial charge in [-0.3, -0.25) is 4.79 Å². The molecule has 1 aromatic carbocycles.